The Labute approximate surface area is 200 Å². The molecular weight excluding hydrogens is 462 g/mol. The van der Waals surface area contributed by atoms with E-state index in [-0.39, 0.29) is 10.8 Å². The van der Waals surface area contributed by atoms with Gasteiger partial charge in [0.2, 0.25) is 0 Å². The number of hydrogen-bond donors (Lipinski definition) is 1. The van der Waals surface area contributed by atoms with Gasteiger partial charge in [-0.25, -0.2) is 4.79 Å². The molecule has 7 nitrogen and oxygen atoms in total. The number of rotatable bonds is 9. The Morgan fingerprint density at radius 2 is 1.97 bits per heavy atom. The van der Waals surface area contributed by atoms with Gasteiger partial charge in [-0.1, -0.05) is 55.4 Å². The van der Waals surface area contributed by atoms with Crippen LogP contribution in [0.25, 0.3) is 11.0 Å². The quantitative estimate of drug-likeness (QED) is 0.241. The predicted molar refractivity (Wildman–Crippen MR) is 129 cm³/mol. The first-order valence-corrected chi connectivity index (χ1v) is 11.9. The molecule has 4 aromatic rings. The maximum atomic E-state index is 12.0. The fraction of sp³-hybridized carbons (Fsp3) is 0.292. The van der Waals surface area contributed by atoms with E-state index in [2.05, 4.69) is 28.6 Å². The minimum absolute atomic E-state index is 0.131. The smallest absolute Gasteiger partial charge is 0.336 e. The van der Waals surface area contributed by atoms with Crippen LogP contribution < -0.4 is 10.4 Å². The van der Waals surface area contributed by atoms with Crippen molar-refractivity contribution in [2.45, 2.75) is 44.3 Å². The van der Waals surface area contributed by atoms with Crippen LogP contribution in [0.4, 0.5) is 0 Å². The molecule has 0 radical (unpaired) electrons. The van der Waals surface area contributed by atoms with Crippen molar-refractivity contribution in [1.29, 1.82) is 0 Å². The summed E-state index contributed by atoms with van der Waals surface area (Å²) < 4.78 is 13.2. The Kier molecular flexibility index (Phi) is 7.25. The van der Waals surface area contributed by atoms with E-state index >= 15 is 0 Å². The maximum absolute atomic E-state index is 12.0. The Hall–Kier alpha value is -2.97. The number of aromatic hydroxyl groups is 1. The van der Waals surface area contributed by atoms with Crippen molar-refractivity contribution in [3.05, 3.63) is 75.4 Å². The van der Waals surface area contributed by atoms with Crippen LogP contribution >= 0.6 is 23.4 Å². The van der Waals surface area contributed by atoms with Crippen LogP contribution in [0.3, 0.4) is 0 Å². The number of halogens is 1. The first kappa shape index (κ1) is 23.2. The van der Waals surface area contributed by atoms with E-state index in [9.17, 15) is 9.90 Å². The largest absolute Gasteiger partial charge is 0.506 e. The second-order valence-electron chi connectivity index (χ2n) is 8.01. The van der Waals surface area contributed by atoms with Crippen LogP contribution in [-0.4, -0.2) is 19.9 Å². The van der Waals surface area contributed by atoms with Crippen LogP contribution in [0, 0.1) is 5.92 Å². The zero-order chi connectivity index (χ0) is 23.4. The molecule has 0 amide bonds. The Bertz CT molecular complexity index is 1300. The SMILES string of the molecule is CC(C)CCn1c(COc2ccccc2)nnc1SCc1cc(=O)oc2cc(O)c(Cl)cc12. The summed E-state index contributed by atoms with van der Waals surface area (Å²) in [7, 11) is 0. The first-order valence-electron chi connectivity index (χ1n) is 10.6. The summed E-state index contributed by atoms with van der Waals surface area (Å²) >= 11 is 7.56. The highest BCUT2D eigenvalue weighted by Crippen LogP contribution is 2.32. The summed E-state index contributed by atoms with van der Waals surface area (Å²) in [6.07, 6.45) is 0.969. The summed E-state index contributed by atoms with van der Waals surface area (Å²) in [6, 6.07) is 14.0. The molecule has 0 bridgehead atoms. The lowest BCUT2D eigenvalue weighted by molar-refractivity contribution is 0.285. The number of para-hydroxylation sites is 1. The second-order valence-corrected chi connectivity index (χ2v) is 9.36. The van der Waals surface area contributed by atoms with Crippen LogP contribution in [0.1, 0.15) is 31.7 Å². The molecule has 0 aliphatic heterocycles. The molecule has 172 valence electrons. The number of thioether (sulfide) groups is 1. The third-order valence-electron chi connectivity index (χ3n) is 5.09. The highest BCUT2D eigenvalue weighted by molar-refractivity contribution is 7.98. The van der Waals surface area contributed by atoms with E-state index in [0.29, 0.717) is 29.2 Å². The zero-order valence-electron chi connectivity index (χ0n) is 18.3. The molecule has 1 N–H and O–H groups in total. The number of aromatic nitrogens is 3. The Balaban J connectivity index is 1.58. The van der Waals surface area contributed by atoms with Crippen molar-refractivity contribution in [3.63, 3.8) is 0 Å². The fourth-order valence-electron chi connectivity index (χ4n) is 3.31. The molecule has 33 heavy (non-hydrogen) atoms. The van der Waals surface area contributed by atoms with Crippen molar-refractivity contribution in [3.8, 4) is 11.5 Å². The van der Waals surface area contributed by atoms with Gasteiger partial charge in [-0.05, 0) is 36.1 Å². The molecule has 0 aliphatic rings. The minimum Gasteiger partial charge on any atom is -0.506 e. The van der Waals surface area contributed by atoms with Crippen molar-refractivity contribution in [1.82, 2.24) is 14.8 Å². The lowest BCUT2D eigenvalue weighted by Crippen LogP contribution is -2.10. The van der Waals surface area contributed by atoms with Crippen LogP contribution in [0.15, 0.2) is 62.9 Å². The average Bonchev–Trinajstić information content (AvgIpc) is 3.18. The van der Waals surface area contributed by atoms with Crippen LogP contribution in [0.5, 0.6) is 11.5 Å². The number of fused-ring (bicyclic) bond motifs is 1. The Morgan fingerprint density at radius 3 is 2.73 bits per heavy atom. The van der Waals surface area contributed by atoms with Gasteiger partial charge in [0.15, 0.2) is 11.0 Å². The van der Waals surface area contributed by atoms with Crippen LogP contribution in [0.2, 0.25) is 5.02 Å². The number of ether oxygens (including phenoxy) is 1. The van der Waals surface area contributed by atoms with Crippen molar-refractivity contribution < 1.29 is 14.3 Å². The van der Waals surface area contributed by atoms with E-state index in [4.69, 9.17) is 20.8 Å². The van der Waals surface area contributed by atoms with E-state index in [1.165, 1.54) is 23.9 Å². The van der Waals surface area contributed by atoms with Gasteiger partial charge in [-0.15, -0.1) is 10.2 Å². The number of phenols is 1. The zero-order valence-corrected chi connectivity index (χ0v) is 19.9. The molecule has 0 saturated heterocycles. The number of phenolic OH excluding ortho intramolecular Hbond substituents is 1. The van der Waals surface area contributed by atoms with Gasteiger partial charge in [0.25, 0.3) is 0 Å². The van der Waals surface area contributed by atoms with E-state index in [1.54, 1.807) is 6.07 Å². The van der Waals surface area contributed by atoms with Gasteiger partial charge in [0.05, 0.1) is 5.02 Å². The number of hydrogen-bond acceptors (Lipinski definition) is 7. The molecule has 0 saturated carbocycles. The third kappa shape index (κ3) is 5.69. The molecule has 4 rings (SSSR count). The molecule has 0 fully saturated rings. The monoisotopic (exact) mass is 485 g/mol. The Morgan fingerprint density at radius 1 is 1.18 bits per heavy atom. The summed E-state index contributed by atoms with van der Waals surface area (Å²) in [6.45, 7) is 5.41. The van der Waals surface area contributed by atoms with E-state index < -0.39 is 5.63 Å². The molecule has 2 heterocycles. The lowest BCUT2D eigenvalue weighted by atomic mass is 10.1. The molecule has 9 heteroatoms. The molecule has 0 spiro atoms. The molecule has 0 aliphatic carbocycles. The number of nitrogens with zero attached hydrogens (tertiary/aromatic N) is 3. The van der Waals surface area contributed by atoms with Gasteiger partial charge >= 0.3 is 5.63 Å². The van der Waals surface area contributed by atoms with Crippen molar-refractivity contribution in [2.75, 3.05) is 0 Å². The summed E-state index contributed by atoms with van der Waals surface area (Å²) in [5, 5.41) is 20.2. The normalized spacial score (nSPS) is 11.4. The van der Waals surface area contributed by atoms with Crippen LogP contribution in [-0.2, 0) is 18.9 Å². The highest BCUT2D eigenvalue weighted by atomic mass is 35.5. The molecule has 2 aromatic carbocycles. The highest BCUT2D eigenvalue weighted by Gasteiger charge is 2.16. The topological polar surface area (TPSA) is 90.4 Å². The molecule has 2 aromatic heterocycles. The fourth-order valence-corrected chi connectivity index (χ4v) is 4.44. The predicted octanol–water partition coefficient (Wildman–Crippen LogP) is 5.66. The molecular formula is C24H24ClN3O4S. The maximum Gasteiger partial charge on any atom is 0.336 e. The third-order valence-corrected chi connectivity index (χ3v) is 6.41. The molecule has 0 unspecified atom stereocenters. The van der Waals surface area contributed by atoms with Gasteiger partial charge in [-0.3, -0.25) is 0 Å². The minimum atomic E-state index is -0.488. The van der Waals surface area contributed by atoms with Crippen molar-refractivity contribution >= 4 is 34.3 Å². The van der Waals surface area contributed by atoms with E-state index in [0.717, 1.165) is 35.3 Å². The first-order chi connectivity index (χ1) is 15.9. The standard InChI is InChI=1S/C24H24ClN3O4S/c1-15(2)8-9-28-22(13-31-17-6-4-3-5-7-17)26-27-24(28)33-14-16-10-23(30)32-21-12-20(29)19(25)11-18(16)21/h3-7,10-12,15,29H,8-9,13-14H2,1-2H3. The van der Waals surface area contributed by atoms with Crippen molar-refractivity contribution in [2.24, 2.45) is 5.92 Å². The molecule has 0 atom stereocenters. The summed E-state index contributed by atoms with van der Waals surface area (Å²) in [4.78, 5) is 12.0. The number of benzene rings is 2. The van der Waals surface area contributed by atoms with Gasteiger partial charge in [0, 0.05) is 29.8 Å². The van der Waals surface area contributed by atoms with Gasteiger partial charge in [-0.2, -0.15) is 0 Å². The lowest BCUT2D eigenvalue weighted by Gasteiger charge is -2.13. The second kappa shape index (κ2) is 10.3. The summed E-state index contributed by atoms with van der Waals surface area (Å²) in [5.41, 5.74) is 0.546. The van der Waals surface area contributed by atoms with Gasteiger partial charge < -0.3 is 18.8 Å². The average molecular weight is 486 g/mol. The van der Waals surface area contributed by atoms with Gasteiger partial charge in [0.1, 0.15) is 23.7 Å². The van der Waals surface area contributed by atoms with E-state index in [1.807, 2.05) is 30.3 Å². The summed E-state index contributed by atoms with van der Waals surface area (Å²) in [5.74, 6) is 2.36.